The lowest BCUT2D eigenvalue weighted by molar-refractivity contribution is -0.143. The quantitative estimate of drug-likeness (QED) is 0.785. The smallest absolute Gasteiger partial charge is 0.323 e. The number of nitrogens with zero attached hydrogens (tertiary/aromatic N) is 1. The fourth-order valence-corrected chi connectivity index (χ4v) is 1.45. The lowest BCUT2D eigenvalue weighted by Gasteiger charge is -2.17. The molecule has 1 atom stereocenters. The Labute approximate surface area is 99.8 Å². The van der Waals surface area contributed by atoms with Gasteiger partial charge in [0, 0.05) is 19.5 Å². The molecule has 0 aliphatic rings. The maximum atomic E-state index is 11.6. The van der Waals surface area contributed by atoms with Gasteiger partial charge >= 0.3 is 5.97 Å². The monoisotopic (exact) mass is 236 g/mol. The van der Waals surface area contributed by atoms with E-state index in [0.717, 1.165) is 10.5 Å². The third kappa shape index (κ3) is 4.24. The van der Waals surface area contributed by atoms with Crippen molar-refractivity contribution in [3.63, 3.8) is 0 Å². The SMILES string of the molecule is CN(CC(=O)O)C(=O)CC(N)c1ccccc1. The average Bonchev–Trinajstić information content (AvgIpc) is 2.29. The summed E-state index contributed by atoms with van der Waals surface area (Å²) >= 11 is 0. The number of carbonyl (C=O) groups excluding carboxylic acids is 1. The number of aliphatic carboxylic acids is 1. The maximum Gasteiger partial charge on any atom is 0.323 e. The van der Waals surface area contributed by atoms with Crippen LogP contribution in [0.4, 0.5) is 0 Å². The highest BCUT2D eigenvalue weighted by Crippen LogP contribution is 2.14. The van der Waals surface area contributed by atoms with Crippen molar-refractivity contribution in [2.24, 2.45) is 5.73 Å². The number of rotatable bonds is 5. The molecule has 0 aliphatic carbocycles. The van der Waals surface area contributed by atoms with Gasteiger partial charge < -0.3 is 15.7 Å². The predicted octanol–water partition coefficient (Wildman–Crippen LogP) is 0.620. The lowest BCUT2D eigenvalue weighted by atomic mass is 10.0. The van der Waals surface area contributed by atoms with Crippen LogP contribution in [-0.2, 0) is 9.59 Å². The highest BCUT2D eigenvalue weighted by atomic mass is 16.4. The van der Waals surface area contributed by atoms with Crippen molar-refractivity contribution < 1.29 is 14.7 Å². The first-order valence-corrected chi connectivity index (χ1v) is 5.27. The van der Waals surface area contributed by atoms with Gasteiger partial charge in [0.05, 0.1) is 0 Å². The van der Waals surface area contributed by atoms with Gasteiger partial charge in [0.2, 0.25) is 5.91 Å². The second-order valence-corrected chi connectivity index (χ2v) is 3.86. The van der Waals surface area contributed by atoms with E-state index in [1.165, 1.54) is 7.05 Å². The molecule has 1 aromatic rings. The van der Waals surface area contributed by atoms with Crippen molar-refractivity contribution in [1.29, 1.82) is 0 Å². The number of carbonyl (C=O) groups is 2. The number of nitrogens with two attached hydrogens (primary N) is 1. The van der Waals surface area contributed by atoms with E-state index in [-0.39, 0.29) is 18.9 Å². The highest BCUT2D eigenvalue weighted by Gasteiger charge is 2.16. The first-order chi connectivity index (χ1) is 8.00. The Balaban J connectivity index is 2.54. The van der Waals surface area contributed by atoms with E-state index >= 15 is 0 Å². The van der Waals surface area contributed by atoms with Gasteiger partial charge in [-0.25, -0.2) is 0 Å². The van der Waals surface area contributed by atoms with Gasteiger partial charge in [-0.3, -0.25) is 9.59 Å². The molecule has 17 heavy (non-hydrogen) atoms. The zero-order chi connectivity index (χ0) is 12.8. The third-order valence-electron chi connectivity index (χ3n) is 2.42. The van der Waals surface area contributed by atoms with Crippen LogP contribution < -0.4 is 5.73 Å². The Morgan fingerprint density at radius 1 is 1.35 bits per heavy atom. The largest absolute Gasteiger partial charge is 0.480 e. The van der Waals surface area contributed by atoms with E-state index in [1.807, 2.05) is 30.3 Å². The minimum Gasteiger partial charge on any atom is -0.480 e. The van der Waals surface area contributed by atoms with E-state index in [1.54, 1.807) is 0 Å². The van der Waals surface area contributed by atoms with Crippen LogP contribution in [0.1, 0.15) is 18.0 Å². The van der Waals surface area contributed by atoms with Crippen LogP contribution in [-0.4, -0.2) is 35.5 Å². The number of hydrogen-bond acceptors (Lipinski definition) is 3. The van der Waals surface area contributed by atoms with Crippen molar-refractivity contribution >= 4 is 11.9 Å². The molecule has 1 unspecified atom stereocenters. The van der Waals surface area contributed by atoms with Crippen LogP contribution in [0.2, 0.25) is 0 Å². The third-order valence-corrected chi connectivity index (χ3v) is 2.42. The Morgan fingerprint density at radius 2 is 1.94 bits per heavy atom. The molecule has 92 valence electrons. The van der Waals surface area contributed by atoms with Gasteiger partial charge in [-0.2, -0.15) is 0 Å². The van der Waals surface area contributed by atoms with Gasteiger partial charge in [-0.15, -0.1) is 0 Å². The Hall–Kier alpha value is -1.88. The Kier molecular flexibility index (Phi) is 4.66. The molecule has 0 saturated heterocycles. The molecular formula is C12H16N2O3. The van der Waals surface area contributed by atoms with Gasteiger partial charge in [0.15, 0.2) is 0 Å². The number of amides is 1. The van der Waals surface area contributed by atoms with Crippen LogP contribution in [0.5, 0.6) is 0 Å². The molecule has 0 heterocycles. The summed E-state index contributed by atoms with van der Waals surface area (Å²) in [4.78, 5) is 23.2. The molecule has 0 saturated carbocycles. The molecule has 0 spiro atoms. The van der Waals surface area contributed by atoms with Crippen molar-refractivity contribution in [3.8, 4) is 0 Å². The van der Waals surface area contributed by atoms with E-state index in [0.29, 0.717) is 0 Å². The van der Waals surface area contributed by atoms with Crippen molar-refractivity contribution in [2.45, 2.75) is 12.5 Å². The van der Waals surface area contributed by atoms with Crippen LogP contribution in [0, 0.1) is 0 Å². The maximum absolute atomic E-state index is 11.6. The molecule has 1 amide bonds. The Bertz CT molecular complexity index is 392. The fourth-order valence-electron chi connectivity index (χ4n) is 1.45. The summed E-state index contributed by atoms with van der Waals surface area (Å²) in [6.45, 7) is -0.305. The summed E-state index contributed by atoms with van der Waals surface area (Å²) < 4.78 is 0. The van der Waals surface area contributed by atoms with E-state index in [9.17, 15) is 9.59 Å². The minimum atomic E-state index is -1.03. The number of benzene rings is 1. The van der Waals surface area contributed by atoms with Gasteiger partial charge in [-0.05, 0) is 5.56 Å². The summed E-state index contributed by atoms with van der Waals surface area (Å²) in [5, 5.41) is 8.56. The first kappa shape index (κ1) is 13.2. The summed E-state index contributed by atoms with van der Waals surface area (Å²) in [7, 11) is 1.45. The standard InChI is InChI=1S/C12H16N2O3/c1-14(8-12(16)17)11(15)7-10(13)9-5-3-2-4-6-9/h2-6,10H,7-8,13H2,1H3,(H,16,17). The number of carboxylic acid groups (broad SMARTS) is 1. The zero-order valence-corrected chi connectivity index (χ0v) is 9.67. The fraction of sp³-hybridized carbons (Fsp3) is 0.333. The van der Waals surface area contributed by atoms with Crippen LogP contribution in [0.3, 0.4) is 0 Å². The second kappa shape index (κ2) is 6.00. The van der Waals surface area contributed by atoms with E-state index in [4.69, 9.17) is 10.8 Å². The van der Waals surface area contributed by atoms with Gasteiger partial charge in [-0.1, -0.05) is 30.3 Å². The average molecular weight is 236 g/mol. The summed E-state index contributed by atoms with van der Waals surface area (Å²) in [6.07, 6.45) is 0.105. The molecule has 0 aromatic heterocycles. The molecule has 1 aromatic carbocycles. The number of carboxylic acids is 1. The van der Waals surface area contributed by atoms with E-state index < -0.39 is 12.0 Å². The molecule has 0 radical (unpaired) electrons. The molecule has 3 N–H and O–H groups in total. The first-order valence-electron chi connectivity index (χ1n) is 5.27. The van der Waals surface area contributed by atoms with Gasteiger partial charge in [0.25, 0.3) is 0 Å². The van der Waals surface area contributed by atoms with E-state index in [2.05, 4.69) is 0 Å². The summed E-state index contributed by atoms with van der Waals surface area (Å²) in [5.41, 5.74) is 6.73. The zero-order valence-electron chi connectivity index (χ0n) is 9.67. The summed E-state index contributed by atoms with van der Waals surface area (Å²) in [5.74, 6) is -1.31. The molecule has 0 fully saturated rings. The second-order valence-electron chi connectivity index (χ2n) is 3.86. The molecular weight excluding hydrogens is 220 g/mol. The lowest BCUT2D eigenvalue weighted by Crippen LogP contribution is -2.33. The normalized spacial score (nSPS) is 11.9. The van der Waals surface area contributed by atoms with Crippen LogP contribution in [0.15, 0.2) is 30.3 Å². The molecule has 0 aliphatic heterocycles. The van der Waals surface area contributed by atoms with Crippen molar-refractivity contribution in [2.75, 3.05) is 13.6 Å². The number of likely N-dealkylation sites (N-methyl/N-ethyl adjacent to an activating group) is 1. The summed E-state index contributed by atoms with van der Waals surface area (Å²) in [6, 6.07) is 8.85. The number of hydrogen-bond donors (Lipinski definition) is 2. The molecule has 5 nitrogen and oxygen atoms in total. The topological polar surface area (TPSA) is 83.6 Å². The van der Waals surface area contributed by atoms with Crippen LogP contribution >= 0.6 is 0 Å². The molecule has 1 rings (SSSR count). The van der Waals surface area contributed by atoms with Gasteiger partial charge in [0.1, 0.15) is 6.54 Å². The van der Waals surface area contributed by atoms with Crippen molar-refractivity contribution in [3.05, 3.63) is 35.9 Å². The molecule has 0 bridgehead atoms. The van der Waals surface area contributed by atoms with Crippen LogP contribution in [0.25, 0.3) is 0 Å². The molecule has 5 heteroatoms. The van der Waals surface area contributed by atoms with Crippen molar-refractivity contribution in [1.82, 2.24) is 4.90 Å². The highest BCUT2D eigenvalue weighted by molar-refractivity contribution is 5.81. The predicted molar refractivity (Wildman–Crippen MR) is 63.3 cm³/mol. The Morgan fingerprint density at radius 3 is 2.47 bits per heavy atom. The minimum absolute atomic E-state index is 0.105.